The van der Waals surface area contributed by atoms with Crippen molar-refractivity contribution < 1.29 is 14.3 Å². The molecule has 0 spiro atoms. The first-order valence-electron chi connectivity index (χ1n) is 9.73. The highest BCUT2D eigenvalue weighted by molar-refractivity contribution is 5.99. The van der Waals surface area contributed by atoms with Crippen LogP contribution in [0.15, 0.2) is 78.9 Å². The van der Waals surface area contributed by atoms with Crippen LogP contribution < -0.4 is 5.32 Å². The van der Waals surface area contributed by atoms with Crippen molar-refractivity contribution >= 4 is 28.5 Å². The molecule has 150 valence electrons. The minimum absolute atomic E-state index is 0.302. The van der Waals surface area contributed by atoms with Crippen LogP contribution in [-0.2, 0) is 9.53 Å². The van der Waals surface area contributed by atoms with Gasteiger partial charge in [0.25, 0.3) is 5.91 Å². The quantitative estimate of drug-likeness (QED) is 0.447. The minimum atomic E-state index is -1.08. The zero-order valence-corrected chi connectivity index (χ0v) is 16.8. The standard InChI is InChI=1S/C25H22N2O3/c1-16-12-13-17(2)21(14-16)27-24(28)23(18-8-4-3-5-9-18)30-25(29)22-15-19-10-6-7-11-20(19)26-22/h3-15,23,26H,1-2H3,(H,27,28)/t23-/m0/s1. The fourth-order valence-electron chi connectivity index (χ4n) is 3.32. The number of hydrogen-bond acceptors (Lipinski definition) is 3. The van der Waals surface area contributed by atoms with E-state index in [4.69, 9.17) is 4.74 Å². The summed E-state index contributed by atoms with van der Waals surface area (Å²) in [5, 5.41) is 3.81. The molecule has 0 aliphatic rings. The Balaban J connectivity index is 1.62. The predicted molar refractivity (Wildman–Crippen MR) is 117 cm³/mol. The molecule has 3 aromatic carbocycles. The molecule has 0 saturated heterocycles. The molecule has 2 N–H and O–H groups in total. The van der Waals surface area contributed by atoms with Crippen molar-refractivity contribution in [1.82, 2.24) is 4.98 Å². The van der Waals surface area contributed by atoms with E-state index in [1.54, 1.807) is 18.2 Å². The van der Waals surface area contributed by atoms with E-state index >= 15 is 0 Å². The van der Waals surface area contributed by atoms with E-state index in [9.17, 15) is 9.59 Å². The van der Waals surface area contributed by atoms with Gasteiger partial charge in [-0.15, -0.1) is 0 Å². The number of aryl methyl sites for hydroxylation is 2. The van der Waals surface area contributed by atoms with E-state index in [1.165, 1.54) is 0 Å². The second-order valence-corrected chi connectivity index (χ2v) is 7.27. The zero-order valence-electron chi connectivity index (χ0n) is 16.8. The lowest BCUT2D eigenvalue weighted by Crippen LogP contribution is -2.26. The largest absolute Gasteiger partial charge is 0.443 e. The van der Waals surface area contributed by atoms with Gasteiger partial charge < -0.3 is 15.0 Å². The normalized spacial score (nSPS) is 11.8. The summed E-state index contributed by atoms with van der Waals surface area (Å²) in [5.41, 5.74) is 4.40. The minimum Gasteiger partial charge on any atom is -0.443 e. The van der Waals surface area contributed by atoms with Gasteiger partial charge in [-0.05, 0) is 43.2 Å². The average Bonchev–Trinajstić information content (AvgIpc) is 3.19. The van der Waals surface area contributed by atoms with Crippen molar-refractivity contribution in [2.24, 2.45) is 0 Å². The van der Waals surface area contributed by atoms with Gasteiger partial charge in [0.2, 0.25) is 6.10 Å². The van der Waals surface area contributed by atoms with Gasteiger partial charge in [-0.1, -0.05) is 60.7 Å². The third-order valence-corrected chi connectivity index (χ3v) is 4.97. The Morgan fingerprint density at radius 2 is 1.63 bits per heavy atom. The molecule has 4 aromatic rings. The van der Waals surface area contributed by atoms with Gasteiger partial charge in [-0.3, -0.25) is 4.79 Å². The molecule has 0 fully saturated rings. The molecule has 0 unspecified atom stereocenters. The van der Waals surface area contributed by atoms with Crippen molar-refractivity contribution in [3.05, 3.63) is 101 Å². The summed E-state index contributed by atoms with van der Waals surface area (Å²) in [6.07, 6.45) is -1.08. The third-order valence-electron chi connectivity index (χ3n) is 4.97. The predicted octanol–water partition coefficient (Wildman–Crippen LogP) is 5.32. The van der Waals surface area contributed by atoms with Gasteiger partial charge in [-0.2, -0.15) is 0 Å². The molecule has 1 heterocycles. The lowest BCUT2D eigenvalue weighted by molar-refractivity contribution is -0.125. The van der Waals surface area contributed by atoms with Crippen LogP contribution in [0.3, 0.4) is 0 Å². The summed E-state index contributed by atoms with van der Waals surface area (Å²) >= 11 is 0. The highest BCUT2D eigenvalue weighted by Crippen LogP contribution is 2.24. The summed E-state index contributed by atoms with van der Waals surface area (Å²) < 4.78 is 5.67. The first kappa shape index (κ1) is 19.5. The number of carbonyl (C=O) groups is 2. The molecule has 0 aliphatic heterocycles. The second kappa shape index (κ2) is 8.25. The van der Waals surface area contributed by atoms with E-state index in [-0.39, 0.29) is 0 Å². The Kier molecular flexibility index (Phi) is 5.35. The average molecular weight is 398 g/mol. The number of ether oxygens (including phenoxy) is 1. The van der Waals surface area contributed by atoms with Gasteiger partial charge in [0.05, 0.1) is 0 Å². The van der Waals surface area contributed by atoms with E-state index in [0.717, 1.165) is 22.0 Å². The van der Waals surface area contributed by atoms with Crippen LogP contribution in [0, 0.1) is 13.8 Å². The molecule has 0 saturated carbocycles. The maximum atomic E-state index is 13.1. The van der Waals surface area contributed by atoms with Crippen LogP contribution in [0.2, 0.25) is 0 Å². The maximum absolute atomic E-state index is 13.1. The molecule has 5 nitrogen and oxygen atoms in total. The van der Waals surface area contributed by atoms with E-state index in [0.29, 0.717) is 16.9 Å². The number of carbonyl (C=O) groups excluding carboxylic acids is 2. The maximum Gasteiger partial charge on any atom is 0.355 e. The van der Waals surface area contributed by atoms with Crippen molar-refractivity contribution in [3.63, 3.8) is 0 Å². The number of amides is 1. The molecule has 1 amide bonds. The van der Waals surface area contributed by atoms with Crippen LogP contribution in [-0.4, -0.2) is 16.9 Å². The fourth-order valence-corrected chi connectivity index (χ4v) is 3.32. The highest BCUT2D eigenvalue weighted by atomic mass is 16.5. The summed E-state index contributed by atoms with van der Waals surface area (Å²) in [5.74, 6) is -0.990. The molecule has 0 aliphatic carbocycles. The summed E-state index contributed by atoms with van der Waals surface area (Å²) in [6.45, 7) is 3.88. The van der Waals surface area contributed by atoms with Crippen LogP contribution >= 0.6 is 0 Å². The number of benzene rings is 3. The summed E-state index contributed by atoms with van der Waals surface area (Å²) in [7, 11) is 0. The first-order valence-corrected chi connectivity index (χ1v) is 9.73. The van der Waals surface area contributed by atoms with E-state index in [2.05, 4.69) is 10.3 Å². The molecule has 0 bridgehead atoms. The Labute approximate surface area is 174 Å². The molecular formula is C25H22N2O3. The van der Waals surface area contributed by atoms with Crippen molar-refractivity contribution in [2.45, 2.75) is 20.0 Å². The second-order valence-electron chi connectivity index (χ2n) is 7.27. The third kappa shape index (κ3) is 4.10. The highest BCUT2D eigenvalue weighted by Gasteiger charge is 2.27. The monoisotopic (exact) mass is 398 g/mol. The van der Waals surface area contributed by atoms with Gasteiger partial charge in [0, 0.05) is 22.2 Å². The zero-order chi connectivity index (χ0) is 21.1. The van der Waals surface area contributed by atoms with Crippen molar-refractivity contribution in [3.8, 4) is 0 Å². The lowest BCUT2D eigenvalue weighted by Gasteiger charge is -2.19. The Morgan fingerprint density at radius 3 is 2.40 bits per heavy atom. The van der Waals surface area contributed by atoms with Gasteiger partial charge in [0.15, 0.2) is 0 Å². The van der Waals surface area contributed by atoms with Crippen molar-refractivity contribution in [2.75, 3.05) is 5.32 Å². The fraction of sp³-hybridized carbons (Fsp3) is 0.120. The SMILES string of the molecule is Cc1ccc(C)c(NC(=O)[C@@H](OC(=O)c2cc3ccccc3[nH]2)c2ccccc2)c1. The van der Waals surface area contributed by atoms with Crippen LogP contribution in [0.4, 0.5) is 5.69 Å². The van der Waals surface area contributed by atoms with Gasteiger partial charge >= 0.3 is 5.97 Å². The smallest absolute Gasteiger partial charge is 0.355 e. The molecule has 1 atom stereocenters. The number of fused-ring (bicyclic) bond motifs is 1. The van der Waals surface area contributed by atoms with Crippen LogP contribution in [0.1, 0.15) is 33.3 Å². The number of H-pyrrole nitrogens is 1. The lowest BCUT2D eigenvalue weighted by atomic mass is 10.1. The Bertz CT molecular complexity index is 1180. The molecule has 30 heavy (non-hydrogen) atoms. The number of rotatable bonds is 5. The molecule has 4 rings (SSSR count). The summed E-state index contributed by atoms with van der Waals surface area (Å²) in [6, 6.07) is 24.1. The molecule has 1 aromatic heterocycles. The van der Waals surface area contributed by atoms with Gasteiger partial charge in [-0.25, -0.2) is 4.79 Å². The van der Waals surface area contributed by atoms with Crippen LogP contribution in [0.5, 0.6) is 0 Å². The number of esters is 1. The number of para-hydroxylation sites is 1. The number of nitrogens with one attached hydrogen (secondary N) is 2. The van der Waals surface area contributed by atoms with Crippen molar-refractivity contribution in [1.29, 1.82) is 0 Å². The number of hydrogen-bond donors (Lipinski definition) is 2. The molecular weight excluding hydrogens is 376 g/mol. The number of aromatic nitrogens is 1. The van der Waals surface area contributed by atoms with E-state index in [1.807, 2.05) is 74.5 Å². The topological polar surface area (TPSA) is 71.2 Å². The van der Waals surface area contributed by atoms with Crippen LogP contribution in [0.25, 0.3) is 10.9 Å². The number of anilines is 1. The molecule has 0 radical (unpaired) electrons. The van der Waals surface area contributed by atoms with E-state index < -0.39 is 18.0 Å². The Hall–Kier alpha value is -3.86. The molecule has 5 heteroatoms. The Morgan fingerprint density at radius 1 is 0.900 bits per heavy atom. The summed E-state index contributed by atoms with van der Waals surface area (Å²) in [4.78, 5) is 29.0. The first-order chi connectivity index (χ1) is 14.5. The van der Waals surface area contributed by atoms with Gasteiger partial charge in [0.1, 0.15) is 5.69 Å². The number of aromatic amines is 1.